The standard InChI is InChI=1S/C23H22ClN5O4/c1-15-7-8-18(19(13-15)31-2)33-14-21(30)25-11-12-32-22-10-9-20-26-27-23(29(20)28-22)16-5-3-4-6-17(16)24/h3-10,13H,11-12,14H2,1-2H3,(H,25,30). The van der Waals surface area contributed by atoms with E-state index in [0.717, 1.165) is 5.56 Å². The average Bonchev–Trinajstić information content (AvgIpc) is 3.24. The van der Waals surface area contributed by atoms with Gasteiger partial charge in [-0.3, -0.25) is 4.79 Å². The Bertz CT molecular complexity index is 1280. The number of aromatic nitrogens is 4. The van der Waals surface area contributed by atoms with E-state index in [1.807, 2.05) is 37.3 Å². The van der Waals surface area contributed by atoms with Crippen molar-refractivity contribution >= 4 is 23.2 Å². The van der Waals surface area contributed by atoms with Crippen LogP contribution in [0.2, 0.25) is 5.02 Å². The highest BCUT2D eigenvalue weighted by Gasteiger charge is 2.13. The Morgan fingerprint density at radius 1 is 1.06 bits per heavy atom. The molecule has 1 amide bonds. The SMILES string of the molecule is COc1cc(C)ccc1OCC(=O)NCCOc1ccc2nnc(-c3ccccc3Cl)n2n1. The Morgan fingerprint density at radius 2 is 1.91 bits per heavy atom. The van der Waals surface area contributed by atoms with Crippen LogP contribution in [0.15, 0.2) is 54.6 Å². The molecular formula is C23H22ClN5O4. The lowest BCUT2D eigenvalue weighted by Crippen LogP contribution is -2.32. The van der Waals surface area contributed by atoms with Gasteiger partial charge in [-0.15, -0.1) is 15.3 Å². The van der Waals surface area contributed by atoms with Crippen molar-refractivity contribution in [3.63, 3.8) is 0 Å². The molecule has 2 heterocycles. The number of halogens is 1. The summed E-state index contributed by atoms with van der Waals surface area (Å²) in [5, 5.41) is 16.0. The van der Waals surface area contributed by atoms with Crippen molar-refractivity contribution in [2.24, 2.45) is 0 Å². The summed E-state index contributed by atoms with van der Waals surface area (Å²) >= 11 is 6.28. The van der Waals surface area contributed by atoms with Crippen LogP contribution < -0.4 is 19.5 Å². The fourth-order valence-electron chi connectivity index (χ4n) is 3.09. The van der Waals surface area contributed by atoms with E-state index in [9.17, 15) is 4.79 Å². The second-order valence-corrected chi connectivity index (χ2v) is 7.49. The number of methoxy groups -OCH3 is 1. The predicted octanol–water partition coefficient (Wildman–Crippen LogP) is 3.34. The third-order valence-electron chi connectivity index (χ3n) is 4.71. The van der Waals surface area contributed by atoms with Crippen molar-refractivity contribution in [3.05, 3.63) is 65.2 Å². The topological polar surface area (TPSA) is 99.9 Å². The van der Waals surface area contributed by atoms with Gasteiger partial charge in [-0.1, -0.05) is 29.8 Å². The molecule has 9 nitrogen and oxygen atoms in total. The number of aryl methyl sites for hydroxylation is 1. The lowest BCUT2D eigenvalue weighted by atomic mass is 10.2. The molecule has 2 aromatic heterocycles. The Hall–Kier alpha value is -3.85. The normalized spacial score (nSPS) is 10.8. The molecule has 4 rings (SSSR count). The van der Waals surface area contributed by atoms with Crippen molar-refractivity contribution in [1.82, 2.24) is 25.1 Å². The minimum absolute atomic E-state index is 0.133. The average molecular weight is 468 g/mol. The molecular weight excluding hydrogens is 446 g/mol. The van der Waals surface area contributed by atoms with E-state index in [2.05, 4.69) is 20.6 Å². The van der Waals surface area contributed by atoms with Crippen LogP contribution in [0, 0.1) is 6.92 Å². The molecule has 2 aromatic carbocycles. The molecule has 4 aromatic rings. The maximum absolute atomic E-state index is 12.1. The third kappa shape index (κ3) is 5.32. The molecule has 0 saturated heterocycles. The van der Waals surface area contributed by atoms with Gasteiger partial charge in [-0.25, -0.2) is 0 Å². The molecule has 0 aliphatic carbocycles. The molecule has 0 aliphatic rings. The number of nitrogens with zero attached hydrogens (tertiary/aromatic N) is 4. The Morgan fingerprint density at radius 3 is 2.73 bits per heavy atom. The predicted molar refractivity (Wildman–Crippen MR) is 123 cm³/mol. The van der Waals surface area contributed by atoms with Crippen molar-refractivity contribution in [2.75, 3.05) is 26.9 Å². The van der Waals surface area contributed by atoms with Crippen LogP contribution in [0.5, 0.6) is 17.4 Å². The number of hydrogen-bond donors (Lipinski definition) is 1. The van der Waals surface area contributed by atoms with Crippen LogP contribution in [0.25, 0.3) is 17.0 Å². The number of rotatable bonds is 9. The second kappa shape index (κ2) is 10.2. The third-order valence-corrected chi connectivity index (χ3v) is 5.03. The minimum Gasteiger partial charge on any atom is -0.493 e. The lowest BCUT2D eigenvalue weighted by Gasteiger charge is -2.11. The van der Waals surface area contributed by atoms with Crippen LogP contribution in [0.1, 0.15) is 5.56 Å². The first-order valence-corrected chi connectivity index (χ1v) is 10.6. The van der Waals surface area contributed by atoms with Crippen molar-refractivity contribution in [2.45, 2.75) is 6.92 Å². The first-order valence-electron chi connectivity index (χ1n) is 10.2. The Kier molecular flexibility index (Phi) is 6.89. The van der Waals surface area contributed by atoms with Gasteiger partial charge in [0.15, 0.2) is 29.6 Å². The molecule has 0 unspecified atom stereocenters. The zero-order chi connectivity index (χ0) is 23.2. The van der Waals surface area contributed by atoms with Crippen LogP contribution in [-0.2, 0) is 4.79 Å². The quantitative estimate of drug-likeness (QED) is 0.377. The van der Waals surface area contributed by atoms with Gasteiger partial charge < -0.3 is 19.5 Å². The first-order chi connectivity index (χ1) is 16.0. The summed E-state index contributed by atoms with van der Waals surface area (Å²) in [4.78, 5) is 12.1. The molecule has 0 spiro atoms. The van der Waals surface area contributed by atoms with Gasteiger partial charge in [0.05, 0.1) is 18.7 Å². The molecule has 170 valence electrons. The van der Waals surface area contributed by atoms with Crippen LogP contribution >= 0.6 is 11.6 Å². The fraction of sp³-hybridized carbons (Fsp3) is 0.217. The lowest BCUT2D eigenvalue weighted by molar-refractivity contribution is -0.123. The molecule has 0 aliphatic heterocycles. The van der Waals surface area contributed by atoms with Gasteiger partial charge in [0.1, 0.15) is 6.61 Å². The van der Waals surface area contributed by atoms with Gasteiger partial charge in [0, 0.05) is 11.6 Å². The van der Waals surface area contributed by atoms with E-state index >= 15 is 0 Å². The second-order valence-electron chi connectivity index (χ2n) is 7.09. The number of carbonyl (C=O) groups is 1. The molecule has 0 fully saturated rings. The number of carbonyl (C=O) groups excluding carboxylic acids is 1. The minimum atomic E-state index is -0.274. The number of amides is 1. The zero-order valence-corrected chi connectivity index (χ0v) is 18.9. The van der Waals surface area contributed by atoms with Crippen LogP contribution in [0.4, 0.5) is 0 Å². The molecule has 0 radical (unpaired) electrons. The van der Waals surface area contributed by atoms with Crippen LogP contribution in [0.3, 0.4) is 0 Å². The highest BCUT2D eigenvalue weighted by atomic mass is 35.5. The monoisotopic (exact) mass is 467 g/mol. The Labute approximate surface area is 195 Å². The number of fused-ring (bicyclic) bond motifs is 1. The van der Waals surface area contributed by atoms with E-state index in [1.54, 1.807) is 35.9 Å². The summed E-state index contributed by atoms with van der Waals surface area (Å²) in [6, 6.07) is 16.3. The fourth-order valence-corrected chi connectivity index (χ4v) is 3.31. The summed E-state index contributed by atoms with van der Waals surface area (Å²) in [6.45, 7) is 2.33. The van der Waals surface area contributed by atoms with Gasteiger partial charge in [-0.2, -0.15) is 4.52 Å². The van der Waals surface area contributed by atoms with Gasteiger partial charge in [0.25, 0.3) is 5.91 Å². The van der Waals surface area contributed by atoms with Crippen molar-refractivity contribution in [1.29, 1.82) is 0 Å². The number of ether oxygens (including phenoxy) is 3. The first kappa shape index (κ1) is 22.3. The van der Waals surface area contributed by atoms with Gasteiger partial charge in [-0.05, 0) is 42.8 Å². The smallest absolute Gasteiger partial charge is 0.258 e. The highest BCUT2D eigenvalue weighted by molar-refractivity contribution is 6.33. The summed E-state index contributed by atoms with van der Waals surface area (Å²) in [6.07, 6.45) is 0. The Balaban J connectivity index is 1.30. The van der Waals surface area contributed by atoms with Crippen molar-refractivity contribution in [3.8, 4) is 28.8 Å². The zero-order valence-electron chi connectivity index (χ0n) is 18.1. The van der Waals surface area contributed by atoms with Crippen LogP contribution in [-0.4, -0.2) is 52.6 Å². The maximum atomic E-state index is 12.1. The summed E-state index contributed by atoms with van der Waals surface area (Å²) in [5.74, 6) is 1.70. The van der Waals surface area contributed by atoms with E-state index in [1.165, 1.54) is 0 Å². The van der Waals surface area contributed by atoms with E-state index < -0.39 is 0 Å². The summed E-state index contributed by atoms with van der Waals surface area (Å²) < 4.78 is 18.1. The molecule has 33 heavy (non-hydrogen) atoms. The largest absolute Gasteiger partial charge is 0.493 e. The molecule has 0 atom stereocenters. The van der Waals surface area contributed by atoms with Gasteiger partial charge >= 0.3 is 0 Å². The van der Waals surface area contributed by atoms with E-state index in [-0.39, 0.29) is 25.7 Å². The van der Waals surface area contributed by atoms with Crippen molar-refractivity contribution < 1.29 is 19.0 Å². The number of benzene rings is 2. The molecule has 0 bridgehead atoms. The van der Waals surface area contributed by atoms with E-state index in [4.69, 9.17) is 25.8 Å². The molecule has 10 heteroatoms. The maximum Gasteiger partial charge on any atom is 0.258 e. The number of nitrogens with one attached hydrogen (secondary N) is 1. The van der Waals surface area contributed by atoms with E-state index in [0.29, 0.717) is 39.4 Å². The number of hydrogen-bond acceptors (Lipinski definition) is 7. The summed E-state index contributed by atoms with van der Waals surface area (Å²) in [7, 11) is 1.56. The highest BCUT2D eigenvalue weighted by Crippen LogP contribution is 2.28. The van der Waals surface area contributed by atoms with Gasteiger partial charge in [0.2, 0.25) is 5.88 Å². The molecule has 0 saturated carbocycles. The summed E-state index contributed by atoms with van der Waals surface area (Å²) in [5.41, 5.74) is 2.32. The molecule has 1 N–H and O–H groups in total.